The van der Waals surface area contributed by atoms with Gasteiger partial charge in [-0.3, -0.25) is 15.2 Å². The maximum absolute atomic E-state index is 11.9. The first kappa shape index (κ1) is 15.4. The normalized spacial score (nSPS) is 16.4. The maximum atomic E-state index is 11.9. The number of ether oxygens (including phenoxy) is 1. The van der Waals surface area contributed by atoms with E-state index in [-0.39, 0.29) is 12.2 Å². The Morgan fingerprint density at radius 3 is 2.92 bits per heavy atom. The Labute approximate surface area is 142 Å². The second kappa shape index (κ2) is 5.75. The molecular formula is C17H16N4O4. The molecule has 3 N–H and O–H groups in total. The minimum absolute atomic E-state index is 0.0948. The van der Waals surface area contributed by atoms with Crippen LogP contribution >= 0.6 is 0 Å². The number of H-pyrrole nitrogens is 1. The van der Waals surface area contributed by atoms with Crippen LogP contribution in [0.4, 0.5) is 10.5 Å². The predicted molar refractivity (Wildman–Crippen MR) is 91.3 cm³/mol. The summed E-state index contributed by atoms with van der Waals surface area (Å²) < 4.78 is 6.75. The number of aromatic nitrogens is 3. The summed E-state index contributed by atoms with van der Waals surface area (Å²) >= 11 is 0. The Morgan fingerprint density at radius 2 is 2.16 bits per heavy atom. The van der Waals surface area contributed by atoms with Gasteiger partial charge in [-0.1, -0.05) is 0 Å². The van der Waals surface area contributed by atoms with Crippen molar-refractivity contribution in [3.8, 4) is 11.3 Å². The zero-order chi connectivity index (χ0) is 17.6. The number of nitrogens with one attached hydrogen (secondary N) is 2. The molecule has 0 bridgehead atoms. The molecule has 0 saturated heterocycles. The SMILES string of the molecule is Cn1ccc(-c2n[nH]c3cc4c(cc23)C(CCO)OC(=O)N4)cc1=O. The van der Waals surface area contributed by atoms with Gasteiger partial charge in [0, 0.05) is 48.9 Å². The fourth-order valence-corrected chi connectivity index (χ4v) is 3.04. The number of rotatable bonds is 3. The summed E-state index contributed by atoms with van der Waals surface area (Å²) in [6.07, 6.45) is 0.931. The van der Waals surface area contributed by atoms with E-state index in [9.17, 15) is 14.7 Å². The lowest BCUT2D eigenvalue weighted by Crippen LogP contribution is -2.25. The van der Waals surface area contributed by atoms with Crippen molar-refractivity contribution in [2.45, 2.75) is 12.5 Å². The van der Waals surface area contributed by atoms with Crippen LogP contribution in [0.1, 0.15) is 18.1 Å². The summed E-state index contributed by atoms with van der Waals surface area (Å²) in [5.74, 6) is 0. The third-order valence-corrected chi connectivity index (χ3v) is 4.33. The van der Waals surface area contributed by atoms with Crippen molar-refractivity contribution in [1.29, 1.82) is 0 Å². The molecule has 0 saturated carbocycles. The average molecular weight is 340 g/mol. The molecule has 1 aromatic carbocycles. The van der Waals surface area contributed by atoms with Gasteiger partial charge in [-0.2, -0.15) is 5.10 Å². The Hall–Kier alpha value is -3.13. The first-order valence-corrected chi connectivity index (χ1v) is 7.84. The van der Waals surface area contributed by atoms with E-state index in [1.165, 1.54) is 10.6 Å². The van der Waals surface area contributed by atoms with Gasteiger partial charge in [-0.15, -0.1) is 0 Å². The summed E-state index contributed by atoms with van der Waals surface area (Å²) in [6.45, 7) is -0.0948. The number of aromatic amines is 1. The van der Waals surface area contributed by atoms with E-state index in [1.807, 2.05) is 12.1 Å². The zero-order valence-electron chi connectivity index (χ0n) is 13.4. The minimum Gasteiger partial charge on any atom is -0.441 e. The summed E-state index contributed by atoms with van der Waals surface area (Å²) in [4.78, 5) is 23.6. The van der Waals surface area contributed by atoms with Crippen LogP contribution in [0.2, 0.25) is 0 Å². The number of carbonyl (C=O) groups excluding carboxylic acids is 1. The molecule has 1 aliphatic heterocycles. The number of benzene rings is 1. The summed E-state index contributed by atoms with van der Waals surface area (Å²) in [5.41, 5.74) is 3.36. The largest absolute Gasteiger partial charge is 0.441 e. The van der Waals surface area contributed by atoms with Crippen LogP contribution < -0.4 is 10.9 Å². The van der Waals surface area contributed by atoms with Gasteiger partial charge in [-0.05, 0) is 18.2 Å². The van der Waals surface area contributed by atoms with Gasteiger partial charge in [0.2, 0.25) is 0 Å². The van der Waals surface area contributed by atoms with Gasteiger partial charge in [0.05, 0.1) is 11.2 Å². The van der Waals surface area contributed by atoms with Gasteiger partial charge in [0.15, 0.2) is 0 Å². The first-order chi connectivity index (χ1) is 12.1. The van der Waals surface area contributed by atoms with Crippen LogP contribution in [0.5, 0.6) is 0 Å². The molecule has 8 nitrogen and oxygen atoms in total. The number of cyclic esters (lactones) is 1. The highest BCUT2D eigenvalue weighted by molar-refractivity contribution is 5.98. The number of fused-ring (bicyclic) bond motifs is 2. The highest BCUT2D eigenvalue weighted by Crippen LogP contribution is 2.37. The molecule has 1 amide bonds. The lowest BCUT2D eigenvalue weighted by atomic mass is 9.99. The van der Waals surface area contributed by atoms with Crippen LogP contribution in [0.15, 0.2) is 35.3 Å². The molecule has 1 aliphatic rings. The van der Waals surface area contributed by atoms with Crippen molar-refractivity contribution in [1.82, 2.24) is 14.8 Å². The summed E-state index contributed by atoms with van der Waals surface area (Å²) in [7, 11) is 1.69. The van der Waals surface area contributed by atoms with E-state index in [0.717, 1.165) is 16.5 Å². The molecule has 4 rings (SSSR count). The van der Waals surface area contributed by atoms with Crippen molar-refractivity contribution in [2.75, 3.05) is 11.9 Å². The molecular weight excluding hydrogens is 324 g/mol. The van der Waals surface area contributed by atoms with Crippen LogP contribution in [-0.2, 0) is 11.8 Å². The summed E-state index contributed by atoms with van der Waals surface area (Å²) in [6, 6.07) is 7.01. The van der Waals surface area contributed by atoms with Gasteiger partial charge < -0.3 is 14.4 Å². The molecule has 25 heavy (non-hydrogen) atoms. The molecule has 2 aromatic heterocycles. The van der Waals surface area contributed by atoms with Crippen LogP contribution in [0.25, 0.3) is 22.2 Å². The van der Waals surface area contributed by atoms with E-state index in [0.29, 0.717) is 23.4 Å². The van der Waals surface area contributed by atoms with Crippen molar-refractivity contribution in [3.05, 3.63) is 46.4 Å². The van der Waals surface area contributed by atoms with Gasteiger partial charge in [0.1, 0.15) is 11.8 Å². The lowest BCUT2D eigenvalue weighted by Gasteiger charge is -2.25. The second-order valence-corrected chi connectivity index (χ2v) is 5.95. The van der Waals surface area contributed by atoms with Gasteiger partial charge >= 0.3 is 6.09 Å². The fourth-order valence-electron chi connectivity index (χ4n) is 3.04. The topological polar surface area (TPSA) is 109 Å². The first-order valence-electron chi connectivity index (χ1n) is 7.84. The van der Waals surface area contributed by atoms with Crippen molar-refractivity contribution in [2.24, 2.45) is 7.05 Å². The van der Waals surface area contributed by atoms with E-state index in [1.54, 1.807) is 19.3 Å². The third kappa shape index (κ3) is 2.56. The fraction of sp³-hybridized carbons (Fsp3) is 0.235. The Kier molecular flexibility index (Phi) is 3.54. The highest BCUT2D eigenvalue weighted by atomic mass is 16.6. The summed E-state index contributed by atoms with van der Waals surface area (Å²) in [5, 5.41) is 20.0. The lowest BCUT2D eigenvalue weighted by molar-refractivity contribution is 0.0873. The second-order valence-electron chi connectivity index (χ2n) is 5.95. The van der Waals surface area contributed by atoms with E-state index < -0.39 is 12.2 Å². The number of nitrogens with zero attached hydrogens (tertiary/aromatic N) is 2. The molecule has 128 valence electrons. The third-order valence-electron chi connectivity index (χ3n) is 4.33. The molecule has 3 aromatic rings. The number of aryl methyl sites for hydroxylation is 1. The Balaban J connectivity index is 1.89. The monoisotopic (exact) mass is 340 g/mol. The van der Waals surface area contributed by atoms with Crippen LogP contribution in [-0.4, -0.2) is 32.6 Å². The predicted octanol–water partition coefficient (Wildman–Crippen LogP) is 1.91. The molecule has 1 unspecified atom stereocenters. The number of hydrogen-bond donors (Lipinski definition) is 3. The minimum atomic E-state index is -0.545. The van der Waals surface area contributed by atoms with E-state index in [2.05, 4.69) is 15.5 Å². The molecule has 0 fully saturated rings. The molecule has 0 aliphatic carbocycles. The number of carbonyl (C=O) groups is 1. The number of pyridine rings is 1. The molecule has 3 heterocycles. The van der Waals surface area contributed by atoms with E-state index in [4.69, 9.17) is 4.74 Å². The van der Waals surface area contributed by atoms with Gasteiger partial charge in [0.25, 0.3) is 5.56 Å². The molecule has 1 atom stereocenters. The van der Waals surface area contributed by atoms with Crippen LogP contribution in [0.3, 0.4) is 0 Å². The quantitative estimate of drug-likeness (QED) is 0.675. The molecule has 8 heteroatoms. The van der Waals surface area contributed by atoms with E-state index >= 15 is 0 Å². The highest BCUT2D eigenvalue weighted by Gasteiger charge is 2.27. The van der Waals surface area contributed by atoms with Gasteiger partial charge in [-0.25, -0.2) is 4.79 Å². The van der Waals surface area contributed by atoms with Crippen molar-refractivity contribution in [3.63, 3.8) is 0 Å². The van der Waals surface area contributed by atoms with Crippen molar-refractivity contribution < 1.29 is 14.6 Å². The number of anilines is 1. The van der Waals surface area contributed by atoms with Crippen molar-refractivity contribution >= 4 is 22.7 Å². The molecule has 0 spiro atoms. The number of aliphatic hydroxyl groups excluding tert-OH is 1. The number of amides is 1. The van der Waals surface area contributed by atoms with Crippen LogP contribution in [0, 0.1) is 0 Å². The standard InChI is InChI=1S/C17H16N4O4/c1-21-4-2-9(6-15(21)23)16-11-7-10-12(8-13(11)19-20-16)18-17(24)25-14(10)3-5-22/h2,4,6-8,14,22H,3,5H2,1H3,(H,18,24)(H,19,20). The average Bonchev–Trinajstić information content (AvgIpc) is 2.98. The smallest absolute Gasteiger partial charge is 0.412 e. The Morgan fingerprint density at radius 1 is 1.32 bits per heavy atom. The number of aliphatic hydroxyl groups is 1. The number of hydrogen-bond acceptors (Lipinski definition) is 5. The Bertz CT molecular complexity index is 1040. The zero-order valence-corrected chi connectivity index (χ0v) is 13.4. The molecule has 0 radical (unpaired) electrons. The maximum Gasteiger partial charge on any atom is 0.412 e.